The first kappa shape index (κ1) is 15.9. The van der Waals surface area contributed by atoms with Gasteiger partial charge in [0.05, 0.1) is 6.54 Å². The predicted octanol–water partition coefficient (Wildman–Crippen LogP) is 2.26. The fraction of sp³-hybridized carbons (Fsp3) is 0.800. The van der Waals surface area contributed by atoms with Crippen molar-refractivity contribution < 1.29 is 14.4 Å². The fourth-order valence-electron chi connectivity index (χ4n) is 2.62. The quantitative estimate of drug-likeness (QED) is 0.769. The Morgan fingerprint density at radius 1 is 1.16 bits per heavy atom. The molecule has 1 N–H and O–H groups in total. The van der Waals surface area contributed by atoms with Gasteiger partial charge in [-0.1, -0.05) is 26.2 Å². The van der Waals surface area contributed by atoms with Gasteiger partial charge in [0.1, 0.15) is 5.78 Å². The summed E-state index contributed by atoms with van der Waals surface area (Å²) >= 11 is 0. The van der Waals surface area contributed by atoms with Crippen LogP contribution in [0.5, 0.6) is 0 Å². The van der Waals surface area contributed by atoms with E-state index in [9.17, 15) is 14.4 Å². The van der Waals surface area contributed by atoms with Crippen molar-refractivity contribution in [3.05, 3.63) is 0 Å². The lowest BCUT2D eigenvalue weighted by molar-refractivity contribution is -0.129. The van der Waals surface area contributed by atoms with Gasteiger partial charge in [0.15, 0.2) is 5.78 Å². The molecule has 0 spiro atoms. The van der Waals surface area contributed by atoms with E-state index in [1.165, 1.54) is 13.3 Å². The summed E-state index contributed by atoms with van der Waals surface area (Å²) in [5, 5.41) is 2.72. The molecule has 1 aliphatic rings. The zero-order chi connectivity index (χ0) is 14.3. The van der Waals surface area contributed by atoms with E-state index in [0.29, 0.717) is 6.42 Å². The fourth-order valence-corrected chi connectivity index (χ4v) is 2.62. The summed E-state index contributed by atoms with van der Waals surface area (Å²) in [7, 11) is 0. The van der Waals surface area contributed by atoms with Crippen LogP contribution in [0.3, 0.4) is 0 Å². The lowest BCUT2D eigenvalue weighted by Crippen LogP contribution is -2.36. The summed E-state index contributed by atoms with van der Waals surface area (Å²) in [6.07, 6.45) is 6.21. The summed E-state index contributed by atoms with van der Waals surface area (Å²) in [6.45, 7) is 3.49. The van der Waals surface area contributed by atoms with Gasteiger partial charge in [0, 0.05) is 18.3 Å². The highest BCUT2D eigenvalue weighted by molar-refractivity contribution is 5.90. The van der Waals surface area contributed by atoms with E-state index >= 15 is 0 Å². The van der Waals surface area contributed by atoms with Gasteiger partial charge in [-0.25, -0.2) is 0 Å². The molecular weight excluding hydrogens is 242 g/mol. The number of Topliss-reactive ketones (excluding diaryl/α,β-unsaturated/α-hetero) is 2. The summed E-state index contributed by atoms with van der Waals surface area (Å²) in [5.41, 5.74) is 0. The van der Waals surface area contributed by atoms with Gasteiger partial charge in [-0.15, -0.1) is 0 Å². The number of hydrogen-bond donors (Lipinski definition) is 1. The Hall–Kier alpha value is -1.19. The number of amides is 1. The Balaban J connectivity index is 2.29. The average molecular weight is 267 g/mol. The van der Waals surface area contributed by atoms with Crippen molar-refractivity contribution in [1.82, 2.24) is 5.32 Å². The third-order valence-electron chi connectivity index (χ3n) is 3.98. The van der Waals surface area contributed by atoms with Crippen molar-refractivity contribution >= 4 is 17.5 Å². The Bertz CT molecular complexity index is 332. The maximum absolute atomic E-state index is 11.9. The van der Waals surface area contributed by atoms with E-state index in [-0.39, 0.29) is 42.3 Å². The Morgan fingerprint density at radius 3 is 2.32 bits per heavy atom. The minimum Gasteiger partial charge on any atom is -0.349 e. The number of carbonyl (C=O) groups excluding carboxylic acids is 3. The second-order valence-corrected chi connectivity index (χ2v) is 5.51. The van der Waals surface area contributed by atoms with Gasteiger partial charge >= 0.3 is 0 Å². The third-order valence-corrected chi connectivity index (χ3v) is 3.98. The lowest BCUT2D eigenvalue weighted by atomic mass is 9.88. The standard InChI is InChI=1S/C15H25NO3/c1-3-12(11(2)17)9-14(18)10-16-15(19)13-7-5-4-6-8-13/h12-13H,3-10H2,1-2H3,(H,16,19). The first-order chi connectivity index (χ1) is 9.04. The SMILES string of the molecule is CCC(CC(=O)CNC(=O)C1CCCCC1)C(C)=O. The molecule has 4 heteroatoms. The number of rotatable bonds is 7. The molecular formula is C15H25NO3. The van der Waals surface area contributed by atoms with Crippen molar-refractivity contribution in [2.24, 2.45) is 11.8 Å². The Morgan fingerprint density at radius 2 is 1.79 bits per heavy atom. The molecule has 0 bridgehead atoms. The molecule has 1 rings (SSSR count). The summed E-state index contributed by atoms with van der Waals surface area (Å²) < 4.78 is 0. The molecule has 0 aromatic carbocycles. The van der Waals surface area contributed by atoms with E-state index in [4.69, 9.17) is 0 Å². The van der Waals surface area contributed by atoms with Crippen LogP contribution >= 0.6 is 0 Å². The van der Waals surface area contributed by atoms with Crippen LogP contribution in [0, 0.1) is 11.8 Å². The molecule has 108 valence electrons. The van der Waals surface area contributed by atoms with Gasteiger partial charge in [0.2, 0.25) is 5.91 Å². The van der Waals surface area contributed by atoms with Gasteiger partial charge < -0.3 is 5.32 Å². The molecule has 1 atom stereocenters. The van der Waals surface area contributed by atoms with Crippen molar-refractivity contribution in [2.45, 2.75) is 58.8 Å². The number of nitrogens with one attached hydrogen (secondary N) is 1. The summed E-state index contributed by atoms with van der Waals surface area (Å²) in [5.74, 6) is -0.111. The van der Waals surface area contributed by atoms with E-state index in [2.05, 4.69) is 5.32 Å². The minimum absolute atomic E-state index is 0.00363. The Kier molecular flexibility index (Phi) is 6.74. The maximum atomic E-state index is 11.9. The topological polar surface area (TPSA) is 63.2 Å². The zero-order valence-corrected chi connectivity index (χ0v) is 12.0. The van der Waals surface area contributed by atoms with Gasteiger partial charge in [-0.2, -0.15) is 0 Å². The summed E-state index contributed by atoms with van der Waals surface area (Å²) in [6, 6.07) is 0. The van der Waals surface area contributed by atoms with Crippen molar-refractivity contribution in [3.63, 3.8) is 0 Å². The first-order valence-electron chi connectivity index (χ1n) is 7.34. The molecule has 4 nitrogen and oxygen atoms in total. The highest BCUT2D eigenvalue weighted by atomic mass is 16.2. The monoisotopic (exact) mass is 267 g/mol. The third kappa shape index (κ3) is 5.53. The van der Waals surface area contributed by atoms with E-state index < -0.39 is 0 Å². The van der Waals surface area contributed by atoms with Gasteiger partial charge in [0.25, 0.3) is 0 Å². The predicted molar refractivity (Wildman–Crippen MR) is 73.7 cm³/mol. The largest absolute Gasteiger partial charge is 0.349 e. The van der Waals surface area contributed by atoms with Gasteiger partial charge in [-0.3, -0.25) is 14.4 Å². The molecule has 0 aliphatic heterocycles. The number of hydrogen-bond acceptors (Lipinski definition) is 3. The van der Waals surface area contributed by atoms with Crippen molar-refractivity contribution in [2.75, 3.05) is 6.54 Å². The van der Waals surface area contributed by atoms with E-state index in [1.807, 2.05) is 6.92 Å². The minimum atomic E-state index is -0.195. The van der Waals surface area contributed by atoms with Crippen LogP contribution in [0.4, 0.5) is 0 Å². The second kappa shape index (κ2) is 8.08. The molecule has 1 unspecified atom stereocenters. The summed E-state index contributed by atoms with van der Waals surface area (Å²) in [4.78, 5) is 34.9. The normalized spacial score (nSPS) is 17.8. The van der Waals surface area contributed by atoms with Crippen LogP contribution < -0.4 is 5.32 Å². The average Bonchev–Trinajstić information content (AvgIpc) is 2.42. The van der Waals surface area contributed by atoms with E-state index in [0.717, 1.165) is 25.7 Å². The van der Waals surface area contributed by atoms with E-state index in [1.54, 1.807) is 0 Å². The van der Waals surface area contributed by atoms with Gasteiger partial charge in [-0.05, 0) is 26.2 Å². The molecule has 0 radical (unpaired) electrons. The molecule has 0 saturated heterocycles. The smallest absolute Gasteiger partial charge is 0.223 e. The highest BCUT2D eigenvalue weighted by Crippen LogP contribution is 2.23. The maximum Gasteiger partial charge on any atom is 0.223 e. The zero-order valence-electron chi connectivity index (χ0n) is 12.0. The molecule has 1 aliphatic carbocycles. The van der Waals surface area contributed by atoms with Crippen LogP contribution in [-0.4, -0.2) is 24.0 Å². The molecule has 19 heavy (non-hydrogen) atoms. The molecule has 1 amide bonds. The lowest BCUT2D eigenvalue weighted by Gasteiger charge is -2.20. The number of ketones is 2. The molecule has 0 aromatic heterocycles. The Labute approximate surface area is 115 Å². The van der Waals surface area contributed by atoms with Crippen LogP contribution in [0.1, 0.15) is 58.8 Å². The highest BCUT2D eigenvalue weighted by Gasteiger charge is 2.22. The van der Waals surface area contributed by atoms with Crippen molar-refractivity contribution in [1.29, 1.82) is 0 Å². The van der Waals surface area contributed by atoms with Crippen LogP contribution in [0.2, 0.25) is 0 Å². The first-order valence-corrected chi connectivity index (χ1v) is 7.34. The molecule has 0 aromatic rings. The second-order valence-electron chi connectivity index (χ2n) is 5.51. The number of carbonyl (C=O) groups is 3. The van der Waals surface area contributed by atoms with Crippen molar-refractivity contribution in [3.8, 4) is 0 Å². The van der Waals surface area contributed by atoms with Crippen LogP contribution in [-0.2, 0) is 14.4 Å². The van der Waals surface area contributed by atoms with Crippen LogP contribution in [0.15, 0.2) is 0 Å². The molecule has 1 fully saturated rings. The molecule has 0 heterocycles. The van der Waals surface area contributed by atoms with Crippen LogP contribution in [0.25, 0.3) is 0 Å². The molecule has 1 saturated carbocycles.